The maximum Gasteiger partial charge on any atom is 0.265 e. The average Bonchev–Trinajstić information content (AvgIpc) is 2.46. The van der Waals surface area contributed by atoms with Gasteiger partial charge in [0.05, 0.1) is 18.5 Å². The van der Waals surface area contributed by atoms with Crippen LogP contribution in [-0.2, 0) is 0 Å². The van der Waals surface area contributed by atoms with Crippen molar-refractivity contribution < 1.29 is 13.5 Å². The molecule has 0 aliphatic carbocycles. The Balaban J connectivity index is 2.50. The predicted molar refractivity (Wildman–Crippen MR) is 76.9 cm³/mol. The molecule has 2 aromatic carbocycles. The highest BCUT2D eigenvalue weighted by atomic mass is 19.3. The lowest BCUT2D eigenvalue weighted by atomic mass is 10.1. The van der Waals surface area contributed by atoms with Crippen molar-refractivity contribution >= 4 is 17.1 Å². The molecule has 3 nitrogen and oxygen atoms in total. The Morgan fingerprint density at radius 1 is 1.10 bits per heavy atom. The SMILES string of the molecule is COc1ccccc1N(C)c1ccc(N)cc1C(F)F. The van der Waals surface area contributed by atoms with Crippen LogP contribution < -0.4 is 15.4 Å². The first-order valence-electron chi connectivity index (χ1n) is 6.09. The van der Waals surface area contributed by atoms with Gasteiger partial charge in [-0.2, -0.15) is 0 Å². The number of alkyl halides is 2. The van der Waals surface area contributed by atoms with Crippen LogP contribution in [0.2, 0.25) is 0 Å². The molecule has 0 fully saturated rings. The van der Waals surface area contributed by atoms with E-state index in [1.54, 1.807) is 37.3 Å². The Morgan fingerprint density at radius 2 is 1.80 bits per heavy atom. The van der Waals surface area contributed by atoms with Gasteiger partial charge in [-0.1, -0.05) is 12.1 Å². The molecule has 0 unspecified atom stereocenters. The number of anilines is 3. The number of nitrogens with two attached hydrogens (primary N) is 1. The molecular weight excluding hydrogens is 262 g/mol. The summed E-state index contributed by atoms with van der Waals surface area (Å²) in [5.74, 6) is 0.618. The van der Waals surface area contributed by atoms with Gasteiger partial charge in [-0.25, -0.2) is 8.78 Å². The number of nitrogens with zero attached hydrogens (tertiary/aromatic N) is 1. The predicted octanol–water partition coefficient (Wildman–Crippen LogP) is 3.98. The van der Waals surface area contributed by atoms with Crippen LogP contribution in [0.5, 0.6) is 5.75 Å². The zero-order valence-electron chi connectivity index (χ0n) is 11.3. The molecule has 0 radical (unpaired) electrons. The maximum absolute atomic E-state index is 13.2. The van der Waals surface area contributed by atoms with Crippen LogP contribution in [0.3, 0.4) is 0 Å². The normalized spacial score (nSPS) is 10.7. The summed E-state index contributed by atoms with van der Waals surface area (Å²) in [6.45, 7) is 0. The molecule has 0 saturated heterocycles. The van der Waals surface area contributed by atoms with E-state index in [0.717, 1.165) is 0 Å². The molecule has 0 spiro atoms. The summed E-state index contributed by atoms with van der Waals surface area (Å²) in [4.78, 5) is 1.67. The second-order valence-electron chi connectivity index (χ2n) is 4.35. The van der Waals surface area contributed by atoms with Crippen LogP contribution in [0, 0.1) is 0 Å². The molecule has 0 saturated carbocycles. The molecule has 5 heteroatoms. The molecule has 2 rings (SSSR count). The third-order valence-electron chi connectivity index (χ3n) is 3.09. The number of hydrogen-bond acceptors (Lipinski definition) is 3. The van der Waals surface area contributed by atoms with E-state index in [1.165, 1.54) is 6.07 Å². The van der Waals surface area contributed by atoms with Gasteiger partial charge >= 0.3 is 0 Å². The van der Waals surface area contributed by atoms with Gasteiger partial charge < -0.3 is 15.4 Å². The van der Waals surface area contributed by atoms with Crippen molar-refractivity contribution in [3.63, 3.8) is 0 Å². The number of benzene rings is 2. The molecule has 0 heterocycles. The Bertz CT molecular complexity index is 602. The highest BCUT2D eigenvalue weighted by Crippen LogP contribution is 2.37. The molecule has 20 heavy (non-hydrogen) atoms. The Kier molecular flexibility index (Phi) is 4.08. The number of para-hydroxylation sites is 2. The van der Waals surface area contributed by atoms with E-state index in [1.807, 2.05) is 18.2 Å². The second kappa shape index (κ2) is 5.77. The minimum Gasteiger partial charge on any atom is -0.495 e. The number of methoxy groups -OCH3 is 1. The van der Waals surface area contributed by atoms with Crippen LogP contribution in [0.15, 0.2) is 42.5 Å². The molecule has 106 valence electrons. The second-order valence-corrected chi connectivity index (χ2v) is 4.35. The molecule has 2 N–H and O–H groups in total. The van der Waals surface area contributed by atoms with Gasteiger partial charge in [-0.05, 0) is 30.3 Å². The number of halogens is 2. The largest absolute Gasteiger partial charge is 0.495 e. The van der Waals surface area contributed by atoms with Gasteiger partial charge in [0.25, 0.3) is 6.43 Å². The number of rotatable bonds is 4. The Hall–Kier alpha value is -2.30. The fraction of sp³-hybridized carbons (Fsp3) is 0.200. The number of nitrogen functional groups attached to an aromatic ring is 1. The lowest BCUT2D eigenvalue weighted by Gasteiger charge is -2.24. The van der Waals surface area contributed by atoms with Gasteiger partial charge in [0.2, 0.25) is 0 Å². The summed E-state index contributed by atoms with van der Waals surface area (Å²) < 4.78 is 31.6. The monoisotopic (exact) mass is 278 g/mol. The van der Waals surface area contributed by atoms with Crippen molar-refractivity contribution in [2.75, 3.05) is 24.8 Å². The summed E-state index contributed by atoms with van der Waals surface area (Å²) in [6.07, 6.45) is -2.59. The molecule has 0 aliphatic rings. The van der Waals surface area contributed by atoms with E-state index in [-0.39, 0.29) is 5.56 Å². The summed E-state index contributed by atoms with van der Waals surface area (Å²) in [7, 11) is 3.26. The Morgan fingerprint density at radius 3 is 2.45 bits per heavy atom. The molecule has 0 aromatic heterocycles. The van der Waals surface area contributed by atoms with Gasteiger partial charge in [0, 0.05) is 18.3 Å². The van der Waals surface area contributed by atoms with E-state index in [2.05, 4.69) is 0 Å². The summed E-state index contributed by atoms with van der Waals surface area (Å²) in [5.41, 5.74) is 6.91. The first-order chi connectivity index (χ1) is 9.54. The number of ether oxygens (including phenoxy) is 1. The van der Waals surface area contributed by atoms with Crippen molar-refractivity contribution in [2.45, 2.75) is 6.43 Å². The Labute approximate surface area is 116 Å². The van der Waals surface area contributed by atoms with Crippen molar-refractivity contribution in [1.82, 2.24) is 0 Å². The minimum absolute atomic E-state index is 0.0987. The highest BCUT2D eigenvalue weighted by Gasteiger charge is 2.18. The molecule has 0 amide bonds. The molecule has 2 aromatic rings. The van der Waals surface area contributed by atoms with Gasteiger partial charge in [-0.15, -0.1) is 0 Å². The topological polar surface area (TPSA) is 38.5 Å². The first kappa shape index (κ1) is 14.1. The standard InChI is InChI=1S/C15H16F2N2O/c1-19(13-5-3-4-6-14(13)20-2)12-8-7-10(18)9-11(12)15(16)17/h3-9,15H,18H2,1-2H3. The average molecular weight is 278 g/mol. The zero-order valence-corrected chi connectivity index (χ0v) is 11.3. The third-order valence-corrected chi connectivity index (χ3v) is 3.09. The lowest BCUT2D eigenvalue weighted by Crippen LogP contribution is -2.13. The smallest absolute Gasteiger partial charge is 0.265 e. The van der Waals surface area contributed by atoms with Gasteiger partial charge in [0.1, 0.15) is 5.75 Å². The van der Waals surface area contributed by atoms with E-state index < -0.39 is 6.43 Å². The third kappa shape index (κ3) is 2.66. The van der Waals surface area contributed by atoms with E-state index >= 15 is 0 Å². The van der Waals surface area contributed by atoms with Crippen LogP contribution in [0.25, 0.3) is 0 Å². The summed E-state index contributed by atoms with van der Waals surface area (Å²) >= 11 is 0. The highest BCUT2D eigenvalue weighted by molar-refractivity contribution is 5.72. The first-order valence-corrected chi connectivity index (χ1v) is 6.09. The molecule has 0 bridgehead atoms. The fourth-order valence-corrected chi connectivity index (χ4v) is 2.09. The number of hydrogen-bond donors (Lipinski definition) is 1. The van der Waals surface area contributed by atoms with Crippen molar-refractivity contribution in [1.29, 1.82) is 0 Å². The van der Waals surface area contributed by atoms with Crippen molar-refractivity contribution in [2.24, 2.45) is 0 Å². The van der Waals surface area contributed by atoms with Crippen molar-refractivity contribution in [3.8, 4) is 5.75 Å². The van der Waals surface area contributed by atoms with E-state index in [9.17, 15) is 8.78 Å². The van der Waals surface area contributed by atoms with Crippen molar-refractivity contribution in [3.05, 3.63) is 48.0 Å². The lowest BCUT2D eigenvalue weighted by molar-refractivity contribution is 0.152. The summed E-state index contributed by atoms with van der Waals surface area (Å²) in [5, 5.41) is 0. The van der Waals surface area contributed by atoms with E-state index in [4.69, 9.17) is 10.5 Å². The zero-order chi connectivity index (χ0) is 14.7. The quantitative estimate of drug-likeness (QED) is 0.860. The van der Waals surface area contributed by atoms with Crippen LogP contribution in [-0.4, -0.2) is 14.2 Å². The fourth-order valence-electron chi connectivity index (χ4n) is 2.09. The van der Waals surface area contributed by atoms with Crippen LogP contribution in [0.1, 0.15) is 12.0 Å². The molecule has 0 atom stereocenters. The minimum atomic E-state index is -2.59. The van der Waals surface area contributed by atoms with Crippen LogP contribution in [0.4, 0.5) is 25.8 Å². The van der Waals surface area contributed by atoms with Gasteiger partial charge in [0.15, 0.2) is 0 Å². The maximum atomic E-state index is 13.2. The molecular formula is C15H16F2N2O. The van der Waals surface area contributed by atoms with Crippen LogP contribution >= 0.6 is 0 Å². The summed E-state index contributed by atoms with van der Waals surface area (Å²) in [6, 6.07) is 11.7. The van der Waals surface area contributed by atoms with Gasteiger partial charge in [-0.3, -0.25) is 0 Å². The van der Waals surface area contributed by atoms with E-state index in [0.29, 0.717) is 22.8 Å². The molecule has 0 aliphatic heterocycles.